The minimum Gasteiger partial charge on any atom is -0.482 e. The number of rotatable bonds is 6. The monoisotopic (exact) mass is 350 g/mol. The Morgan fingerprint density at radius 3 is 2.91 bits per heavy atom. The molecule has 0 radical (unpaired) electrons. The lowest BCUT2D eigenvalue weighted by molar-refractivity contribution is -0.135. The van der Waals surface area contributed by atoms with Gasteiger partial charge in [-0.3, -0.25) is 4.79 Å². The predicted octanol–water partition coefficient (Wildman–Crippen LogP) is 2.88. The second-order valence-electron chi connectivity index (χ2n) is 5.10. The topological polar surface area (TPSA) is 41.6 Å². The molecule has 1 amide bonds. The van der Waals surface area contributed by atoms with E-state index in [0.717, 1.165) is 25.9 Å². The normalized spacial score (nSPS) is 17.0. The van der Waals surface area contributed by atoms with Crippen molar-refractivity contribution in [2.75, 3.05) is 26.2 Å². The van der Waals surface area contributed by atoms with Gasteiger partial charge < -0.3 is 15.0 Å². The summed E-state index contributed by atoms with van der Waals surface area (Å²) >= 11 is 5.88. The lowest BCUT2D eigenvalue weighted by Crippen LogP contribution is -2.44. The Bertz CT molecular complexity index is 496. The van der Waals surface area contributed by atoms with E-state index in [4.69, 9.17) is 16.3 Å². The predicted molar refractivity (Wildman–Crippen MR) is 87.4 cm³/mol. The average Bonchev–Trinajstić information content (AvgIpc) is 2.97. The molecule has 0 bridgehead atoms. The smallest absolute Gasteiger partial charge is 0.260 e. The lowest BCUT2D eigenvalue weighted by Gasteiger charge is -2.28. The molecule has 0 aliphatic carbocycles. The number of hydrogen-bond acceptors (Lipinski definition) is 3. The molecule has 1 aromatic carbocycles. The Balaban J connectivity index is 0.00000242. The van der Waals surface area contributed by atoms with Crippen LogP contribution in [0.1, 0.15) is 19.8 Å². The summed E-state index contributed by atoms with van der Waals surface area (Å²) in [5, 5.41) is 3.43. The number of amides is 1. The first kappa shape index (κ1) is 19.0. The van der Waals surface area contributed by atoms with E-state index < -0.39 is 5.82 Å². The molecular formula is C15H21Cl2FN2O2. The van der Waals surface area contributed by atoms with Gasteiger partial charge in [0.25, 0.3) is 5.91 Å². The van der Waals surface area contributed by atoms with Gasteiger partial charge in [0.15, 0.2) is 6.61 Å². The van der Waals surface area contributed by atoms with Gasteiger partial charge in [0.05, 0.1) is 5.02 Å². The molecule has 0 aromatic heterocycles. The maximum absolute atomic E-state index is 13.0. The van der Waals surface area contributed by atoms with Gasteiger partial charge >= 0.3 is 0 Å². The van der Waals surface area contributed by atoms with Gasteiger partial charge in [-0.1, -0.05) is 18.5 Å². The van der Waals surface area contributed by atoms with Crippen LogP contribution < -0.4 is 10.1 Å². The quantitative estimate of drug-likeness (QED) is 0.857. The number of nitrogens with one attached hydrogen (secondary N) is 1. The van der Waals surface area contributed by atoms with Gasteiger partial charge in [-0.15, -0.1) is 12.4 Å². The van der Waals surface area contributed by atoms with Crippen LogP contribution >= 0.6 is 24.0 Å². The summed E-state index contributed by atoms with van der Waals surface area (Å²) in [4.78, 5) is 14.2. The van der Waals surface area contributed by atoms with Crippen molar-refractivity contribution in [3.8, 4) is 5.75 Å². The molecule has 1 atom stereocenters. The van der Waals surface area contributed by atoms with Crippen LogP contribution in [0.2, 0.25) is 5.02 Å². The van der Waals surface area contributed by atoms with Crippen molar-refractivity contribution in [1.82, 2.24) is 10.2 Å². The van der Waals surface area contributed by atoms with Crippen molar-refractivity contribution in [1.29, 1.82) is 0 Å². The van der Waals surface area contributed by atoms with Crippen LogP contribution in [0.5, 0.6) is 5.75 Å². The molecule has 4 nitrogen and oxygen atoms in total. The summed E-state index contributed by atoms with van der Waals surface area (Å²) in [7, 11) is 0. The standard InChI is InChI=1S/C15H20ClFN2O2.ClH/c1-2-7-19(12-5-6-18-9-12)15(20)10-21-14-4-3-11(17)8-13(14)16;/h3-4,8,12,18H,2,5-7,9-10H2,1H3;1H. The van der Waals surface area contributed by atoms with Gasteiger partial charge in [-0.25, -0.2) is 4.39 Å². The number of carbonyl (C=O) groups is 1. The van der Waals surface area contributed by atoms with E-state index in [-0.39, 0.29) is 36.0 Å². The summed E-state index contributed by atoms with van der Waals surface area (Å²) in [5.74, 6) is -0.165. The van der Waals surface area contributed by atoms with E-state index in [9.17, 15) is 9.18 Å². The van der Waals surface area contributed by atoms with Crippen molar-refractivity contribution in [3.05, 3.63) is 29.0 Å². The molecule has 124 valence electrons. The summed E-state index contributed by atoms with van der Waals surface area (Å²) in [6, 6.07) is 4.10. The Kier molecular flexibility index (Phi) is 7.93. The Morgan fingerprint density at radius 1 is 1.55 bits per heavy atom. The number of ether oxygens (including phenoxy) is 1. The third-order valence-corrected chi connectivity index (χ3v) is 3.80. The van der Waals surface area contributed by atoms with E-state index in [0.29, 0.717) is 12.3 Å². The van der Waals surface area contributed by atoms with Gasteiger partial charge in [0, 0.05) is 19.1 Å². The van der Waals surface area contributed by atoms with Crippen molar-refractivity contribution in [2.45, 2.75) is 25.8 Å². The van der Waals surface area contributed by atoms with E-state index in [1.807, 2.05) is 11.8 Å². The van der Waals surface area contributed by atoms with Crippen LogP contribution in [-0.2, 0) is 4.79 Å². The fourth-order valence-corrected chi connectivity index (χ4v) is 2.69. The fraction of sp³-hybridized carbons (Fsp3) is 0.533. The largest absolute Gasteiger partial charge is 0.482 e. The Labute approximate surface area is 141 Å². The van der Waals surface area contributed by atoms with Crippen molar-refractivity contribution >= 4 is 29.9 Å². The van der Waals surface area contributed by atoms with Crippen LogP contribution in [0.4, 0.5) is 4.39 Å². The Hall–Kier alpha value is -1.04. The number of benzene rings is 1. The van der Waals surface area contributed by atoms with Gasteiger partial charge in [0.2, 0.25) is 0 Å². The van der Waals surface area contributed by atoms with E-state index >= 15 is 0 Å². The zero-order valence-corrected chi connectivity index (χ0v) is 14.1. The molecule has 1 unspecified atom stereocenters. The van der Waals surface area contributed by atoms with E-state index in [1.165, 1.54) is 18.2 Å². The van der Waals surface area contributed by atoms with Crippen molar-refractivity contribution < 1.29 is 13.9 Å². The van der Waals surface area contributed by atoms with E-state index in [1.54, 1.807) is 0 Å². The summed E-state index contributed by atoms with van der Waals surface area (Å²) in [5.41, 5.74) is 0. The zero-order chi connectivity index (χ0) is 15.2. The van der Waals surface area contributed by atoms with Crippen LogP contribution in [0, 0.1) is 5.82 Å². The minimum atomic E-state index is -0.427. The van der Waals surface area contributed by atoms with Crippen LogP contribution in [-0.4, -0.2) is 43.1 Å². The van der Waals surface area contributed by atoms with Crippen molar-refractivity contribution in [2.24, 2.45) is 0 Å². The molecular weight excluding hydrogens is 330 g/mol. The fourth-order valence-electron chi connectivity index (χ4n) is 2.47. The maximum atomic E-state index is 13.0. The summed E-state index contributed by atoms with van der Waals surface area (Å²) in [6.45, 7) is 4.43. The van der Waals surface area contributed by atoms with Gasteiger partial charge in [0.1, 0.15) is 11.6 Å². The lowest BCUT2D eigenvalue weighted by atomic mass is 10.2. The Morgan fingerprint density at radius 2 is 2.32 bits per heavy atom. The van der Waals surface area contributed by atoms with Crippen LogP contribution in [0.25, 0.3) is 0 Å². The first-order valence-electron chi connectivity index (χ1n) is 7.20. The SMILES string of the molecule is CCCN(C(=O)COc1ccc(F)cc1Cl)C1CCNC1.Cl. The second kappa shape index (κ2) is 9.18. The number of halogens is 3. The zero-order valence-electron chi connectivity index (χ0n) is 12.5. The third-order valence-electron chi connectivity index (χ3n) is 3.51. The highest BCUT2D eigenvalue weighted by Crippen LogP contribution is 2.25. The molecule has 1 aliphatic heterocycles. The van der Waals surface area contributed by atoms with Gasteiger partial charge in [-0.2, -0.15) is 0 Å². The molecule has 0 spiro atoms. The summed E-state index contributed by atoms with van der Waals surface area (Å²) < 4.78 is 18.4. The molecule has 1 saturated heterocycles. The minimum absolute atomic E-state index is 0. The number of hydrogen-bond donors (Lipinski definition) is 1. The first-order chi connectivity index (χ1) is 10.1. The highest BCUT2D eigenvalue weighted by molar-refractivity contribution is 6.32. The van der Waals surface area contributed by atoms with E-state index in [2.05, 4.69) is 5.32 Å². The van der Waals surface area contributed by atoms with Crippen LogP contribution in [0.15, 0.2) is 18.2 Å². The number of carbonyl (C=O) groups excluding carboxylic acids is 1. The molecule has 1 heterocycles. The van der Waals surface area contributed by atoms with Gasteiger partial charge in [-0.05, 0) is 37.6 Å². The highest BCUT2D eigenvalue weighted by atomic mass is 35.5. The average molecular weight is 351 g/mol. The molecule has 1 aromatic rings. The second-order valence-corrected chi connectivity index (χ2v) is 5.50. The molecule has 7 heteroatoms. The highest BCUT2D eigenvalue weighted by Gasteiger charge is 2.26. The maximum Gasteiger partial charge on any atom is 0.260 e. The molecule has 1 N–H and O–H groups in total. The van der Waals surface area contributed by atoms with Crippen LogP contribution in [0.3, 0.4) is 0 Å². The summed E-state index contributed by atoms with van der Waals surface area (Å²) in [6.07, 6.45) is 1.86. The van der Waals surface area contributed by atoms with Crippen molar-refractivity contribution in [3.63, 3.8) is 0 Å². The molecule has 1 aliphatic rings. The molecule has 22 heavy (non-hydrogen) atoms. The third kappa shape index (κ3) is 5.00. The number of nitrogens with zero attached hydrogens (tertiary/aromatic N) is 1. The molecule has 1 fully saturated rings. The molecule has 0 saturated carbocycles. The molecule has 2 rings (SSSR count). The first-order valence-corrected chi connectivity index (χ1v) is 7.57.